The van der Waals surface area contributed by atoms with Crippen molar-refractivity contribution >= 4 is 5.91 Å². The van der Waals surface area contributed by atoms with Crippen LogP contribution in [0.4, 0.5) is 8.78 Å². The molecule has 5 nitrogen and oxygen atoms in total. The van der Waals surface area contributed by atoms with E-state index >= 15 is 0 Å². The molecule has 0 unspecified atom stereocenters. The molecule has 7 heteroatoms. The molecule has 0 aromatic heterocycles. The summed E-state index contributed by atoms with van der Waals surface area (Å²) < 4.78 is 27.4. The zero-order valence-corrected chi connectivity index (χ0v) is 21.1. The number of hydrogen-bond acceptors (Lipinski definition) is 4. The van der Waals surface area contributed by atoms with E-state index in [4.69, 9.17) is 0 Å². The minimum atomic E-state index is -1.00. The van der Waals surface area contributed by atoms with Crippen LogP contribution in [-0.4, -0.2) is 40.9 Å². The number of halogens is 2. The zero-order valence-electron chi connectivity index (χ0n) is 21.1. The van der Waals surface area contributed by atoms with Gasteiger partial charge in [0.1, 0.15) is 11.6 Å². The Labute approximate surface area is 207 Å². The van der Waals surface area contributed by atoms with Crippen molar-refractivity contribution in [2.24, 2.45) is 0 Å². The molecule has 0 heterocycles. The van der Waals surface area contributed by atoms with Crippen LogP contribution in [0.1, 0.15) is 70.1 Å². The molecule has 1 saturated carbocycles. The lowest BCUT2D eigenvalue weighted by atomic mass is 9.74. The molecular weight excluding hydrogens is 450 g/mol. The molecule has 0 radical (unpaired) electrons. The maximum absolute atomic E-state index is 13.7. The topological polar surface area (TPSA) is 81.6 Å². The summed E-state index contributed by atoms with van der Waals surface area (Å²) in [5.74, 6) is -1.74. The van der Waals surface area contributed by atoms with Crippen molar-refractivity contribution in [1.82, 2.24) is 10.6 Å². The number of amides is 1. The van der Waals surface area contributed by atoms with E-state index in [0.717, 1.165) is 11.6 Å². The fraction of sp³-hybridized carbons (Fsp3) is 0.536. The van der Waals surface area contributed by atoms with Crippen LogP contribution in [0.3, 0.4) is 0 Å². The number of carbonyl (C=O) groups excluding carboxylic acids is 1. The van der Waals surface area contributed by atoms with Crippen molar-refractivity contribution in [3.05, 3.63) is 70.8 Å². The van der Waals surface area contributed by atoms with E-state index < -0.39 is 29.3 Å². The first-order valence-corrected chi connectivity index (χ1v) is 12.3. The summed E-state index contributed by atoms with van der Waals surface area (Å²) in [4.78, 5) is 11.8. The van der Waals surface area contributed by atoms with Gasteiger partial charge in [0.15, 0.2) is 0 Å². The third-order valence-electron chi connectivity index (χ3n) is 6.97. The summed E-state index contributed by atoms with van der Waals surface area (Å²) in [6.45, 7) is 8.00. The monoisotopic (exact) mass is 488 g/mol. The molecule has 1 amide bonds. The number of benzene rings is 2. The average Bonchev–Trinajstić information content (AvgIpc) is 2.77. The Morgan fingerprint density at radius 1 is 1.11 bits per heavy atom. The van der Waals surface area contributed by atoms with E-state index in [2.05, 4.69) is 49.6 Å². The van der Waals surface area contributed by atoms with Gasteiger partial charge >= 0.3 is 0 Å². The van der Waals surface area contributed by atoms with Gasteiger partial charge in [0.2, 0.25) is 5.91 Å². The number of carbonyl (C=O) groups is 1. The van der Waals surface area contributed by atoms with Gasteiger partial charge in [0, 0.05) is 25.1 Å². The summed E-state index contributed by atoms with van der Waals surface area (Å²) in [5.41, 5.74) is 2.20. The molecule has 1 fully saturated rings. The molecule has 0 spiro atoms. The molecule has 3 rings (SSSR count). The lowest BCUT2D eigenvalue weighted by molar-refractivity contribution is -0.120. The third kappa shape index (κ3) is 7.32. The second-order valence-corrected chi connectivity index (χ2v) is 10.9. The van der Waals surface area contributed by atoms with E-state index in [1.165, 1.54) is 24.6 Å². The molecule has 4 N–H and O–H groups in total. The van der Waals surface area contributed by atoms with E-state index in [1.54, 1.807) is 0 Å². The lowest BCUT2D eigenvalue weighted by Crippen LogP contribution is -2.53. The van der Waals surface area contributed by atoms with Crippen LogP contribution in [0.25, 0.3) is 0 Å². The van der Waals surface area contributed by atoms with Gasteiger partial charge in [-0.05, 0) is 66.3 Å². The highest BCUT2D eigenvalue weighted by Crippen LogP contribution is 2.39. The fourth-order valence-corrected chi connectivity index (χ4v) is 4.92. The average molecular weight is 489 g/mol. The molecule has 0 aliphatic heterocycles. The van der Waals surface area contributed by atoms with Gasteiger partial charge in [-0.15, -0.1) is 0 Å². The Kier molecular flexibility index (Phi) is 8.67. The van der Waals surface area contributed by atoms with Crippen molar-refractivity contribution in [2.75, 3.05) is 6.54 Å². The molecule has 1 aliphatic rings. The largest absolute Gasteiger partial charge is 0.393 e. The van der Waals surface area contributed by atoms with Crippen molar-refractivity contribution in [2.45, 2.75) is 89.0 Å². The van der Waals surface area contributed by atoms with Gasteiger partial charge in [-0.2, -0.15) is 0 Å². The lowest BCUT2D eigenvalue weighted by Gasteiger charge is -2.42. The maximum Gasteiger partial charge on any atom is 0.217 e. The number of aliphatic hydroxyl groups excluding tert-OH is 2. The van der Waals surface area contributed by atoms with Crippen LogP contribution in [0, 0.1) is 11.6 Å². The van der Waals surface area contributed by atoms with Crippen LogP contribution in [0.2, 0.25) is 0 Å². The molecule has 2 aromatic rings. The molecule has 2 aromatic carbocycles. The second kappa shape index (κ2) is 11.1. The zero-order chi connectivity index (χ0) is 25.8. The van der Waals surface area contributed by atoms with Gasteiger partial charge in [-0.1, -0.05) is 45.0 Å². The summed E-state index contributed by atoms with van der Waals surface area (Å²) in [7, 11) is 0. The Bertz CT molecular complexity index is 993. The van der Waals surface area contributed by atoms with Crippen LogP contribution in [0.15, 0.2) is 42.5 Å². The van der Waals surface area contributed by atoms with E-state index in [9.17, 15) is 23.8 Å². The number of hydrogen-bond donors (Lipinski definition) is 4. The Morgan fingerprint density at radius 2 is 1.74 bits per heavy atom. The molecule has 35 heavy (non-hydrogen) atoms. The van der Waals surface area contributed by atoms with Gasteiger partial charge in [-0.3, -0.25) is 4.79 Å². The second-order valence-electron chi connectivity index (χ2n) is 10.9. The predicted octanol–water partition coefficient (Wildman–Crippen LogP) is 4.09. The summed E-state index contributed by atoms with van der Waals surface area (Å²) in [6, 6.07) is 10.9. The van der Waals surface area contributed by atoms with Crippen LogP contribution >= 0.6 is 0 Å². The number of nitrogens with one attached hydrogen (secondary N) is 2. The molecule has 192 valence electrons. The van der Waals surface area contributed by atoms with Crippen molar-refractivity contribution < 1.29 is 23.8 Å². The number of aliphatic hydroxyl groups is 2. The smallest absolute Gasteiger partial charge is 0.217 e. The van der Waals surface area contributed by atoms with Gasteiger partial charge in [0.05, 0.1) is 18.2 Å². The summed E-state index contributed by atoms with van der Waals surface area (Å²) >= 11 is 0. The Morgan fingerprint density at radius 3 is 2.31 bits per heavy atom. The highest BCUT2D eigenvalue weighted by Gasteiger charge is 2.37. The van der Waals surface area contributed by atoms with Crippen molar-refractivity contribution in [1.29, 1.82) is 0 Å². The first-order chi connectivity index (χ1) is 16.4. The maximum atomic E-state index is 13.7. The van der Waals surface area contributed by atoms with Crippen LogP contribution < -0.4 is 10.6 Å². The van der Waals surface area contributed by atoms with Crippen LogP contribution in [-0.2, 0) is 22.2 Å². The number of rotatable bonds is 8. The van der Waals surface area contributed by atoms with E-state index in [1.807, 2.05) is 6.07 Å². The third-order valence-corrected chi connectivity index (χ3v) is 6.97. The SMILES string of the molecule is CC(=O)N[C@@H](Cc1cc(F)cc(F)c1)[C@H](O)CNC1(c2cccc(C(C)(C)C)c2)CCC(O)CC1. The molecule has 0 saturated heterocycles. The quantitative estimate of drug-likeness (QED) is 0.451. The first kappa shape index (κ1) is 27.2. The molecular formula is C28H38F2N2O3. The molecule has 2 atom stereocenters. The van der Waals surface area contributed by atoms with Gasteiger partial charge < -0.3 is 20.8 Å². The Hall–Kier alpha value is -2.35. The Balaban J connectivity index is 1.82. The van der Waals surface area contributed by atoms with E-state index in [-0.39, 0.29) is 30.4 Å². The minimum Gasteiger partial charge on any atom is -0.393 e. The fourth-order valence-electron chi connectivity index (χ4n) is 4.92. The van der Waals surface area contributed by atoms with Gasteiger partial charge in [-0.25, -0.2) is 8.78 Å². The van der Waals surface area contributed by atoms with Gasteiger partial charge in [0.25, 0.3) is 0 Å². The highest BCUT2D eigenvalue weighted by atomic mass is 19.1. The molecule has 0 bridgehead atoms. The summed E-state index contributed by atoms with van der Waals surface area (Å²) in [6.07, 6.45) is 1.42. The highest BCUT2D eigenvalue weighted by molar-refractivity contribution is 5.73. The standard InChI is InChI=1S/C28H38F2N2O3/c1-18(33)32-25(14-19-12-22(29)16-23(30)13-19)26(35)17-31-28(10-8-24(34)9-11-28)21-7-5-6-20(15-21)27(2,3)4/h5-7,12-13,15-16,24-26,31,34-35H,8-11,14,17H2,1-4H3,(H,32,33)/t24?,25-,26+,28?/m0/s1. The first-order valence-electron chi connectivity index (χ1n) is 12.3. The minimum absolute atomic E-state index is 0.0262. The van der Waals surface area contributed by atoms with Crippen LogP contribution in [0.5, 0.6) is 0 Å². The van der Waals surface area contributed by atoms with E-state index in [0.29, 0.717) is 31.2 Å². The normalized spacial score (nSPS) is 22.5. The summed E-state index contributed by atoms with van der Waals surface area (Å²) in [5, 5.41) is 27.5. The van der Waals surface area contributed by atoms with Crippen molar-refractivity contribution in [3.8, 4) is 0 Å². The predicted molar refractivity (Wildman–Crippen MR) is 133 cm³/mol. The van der Waals surface area contributed by atoms with Crippen molar-refractivity contribution in [3.63, 3.8) is 0 Å². The molecule has 1 aliphatic carbocycles.